The average Bonchev–Trinajstić information content (AvgIpc) is 3.28. The first-order valence-corrected chi connectivity index (χ1v) is 10.6. The van der Waals surface area contributed by atoms with E-state index in [-0.39, 0.29) is 0 Å². The van der Waals surface area contributed by atoms with Crippen molar-refractivity contribution in [3.63, 3.8) is 0 Å². The minimum atomic E-state index is 0.792. The first-order chi connectivity index (χ1) is 13.7. The molecule has 6 heteroatoms. The largest absolute Gasteiger partial charge is 0.497 e. The molecule has 2 heterocycles. The number of benzene rings is 1. The molecule has 28 heavy (non-hydrogen) atoms. The van der Waals surface area contributed by atoms with Crippen molar-refractivity contribution in [2.75, 3.05) is 7.11 Å². The number of aryl methyl sites for hydroxylation is 1. The number of rotatable bonds is 10. The number of nitrogens with one attached hydrogen (secondary N) is 1. The van der Waals surface area contributed by atoms with Gasteiger partial charge in [0.05, 0.1) is 7.11 Å². The standard InChI is InChI=1S/C22H28N4OS/c1-5-7-8-20-16(3)18(14-23-20)13-21-24-25-22(26(21)6-2)28-15-17-9-11-19(27-4)12-10-17/h5,9-12,14,23H,1,6-8,13,15H2,2-4H3. The average molecular weight is 397 g/mol. The Morgan fingerprint density at radius 3 is 2.71 bits per heavy atom. The summed E-state index contributed by atoms with van der Waals surface area (Å²) in [6, 6.07) is 8.16. The van der Waals surface area contributed by atoms with Crippen LogP contribution in [0.15, 0.2) is 48.3 Å². The predicted octanol–water partition coefficient (Wildman–Crippen LogP) is 4.94. The quantitative estimate of drug-likeness (QED) is 0.389. The molecule has 148 valence electrons. The summed E-state index contributed by atoms with van der Waals surface area (Å²) < 4.78 is 7.43. The van der Waals surface area contributed by atoms with Gasteiger partial charge < -0.3 is 14.3 Å². The molecule has 5 nitrogen and oxygen atoms in total. The van der Waals surface area contributed by atoms with Crippen LogP contribution in [-0.2, 0) is 25.1 Å². The van der Waals surface area contributed by atoms with Crippen LogP contribution in [0.1, 0.15) is 41.6 Å². The van der Waals surface area contributed by atoms with Gasteiger partial charge in [-0.1, -0.05) is 30.0 Å². The Hall–Kier alpha value is -2.47. The Labute approximate surface area is 171 Å². The fraction of sp³-hybridized carbons (Fsp3) is 0.364. The predicted molar refractivity (Wildman–Crippen MR) is 115 cm³/mol. The number of aromatic nitrogens is 4. The minimum Gasteiger partial charge on any atom is -0.497 e. The molecule has 0 aliphatic rings. The highest BCUT2D eigenvalue weighted by molar-refractivity contribution is 7.98. The normalized spacial score (nSPS) is 11.0. The van der Waals surface area contributed by atoms with Gasteiger partial charge in [-0.2, -0.15) is 0 Å². The monoisotopic (exact) mass is 396 g/mol. The van der Waals surface area contributed by atoms with Gasteiger partial charge in [0.1, 0.15) is 11.6 Å². The van der Waals surface area contributed by atoms with Crippen molar-refractivity contribution >= 4 is 11.8 Å². The van der Waals surface area contributed by atoms with Crippen molar-refractivity contribution in [3.8, 4) is 5.75 Å². The molecule has 0 radical (unpaired) electrons. The maximum Gasteiger partial charge on any atom is 0.191 e. The third kappa shape index (κ3) is 4.68. The van der Waals surface area contributed by atoms with Gasteiger partial charge in [-0.25, -0.2) is 0 Å². The molecule has 0 amide bonds. The first-order valence-electron chi connectivity index (χ1n) is 9.60. The molecular weight excluding hydrogens is 368 g/mol. The zero-order chi connectivity index (χ0) is 19.9. The number of nitrogens with zero attached hydrogens (tertiary/aromatic N) is 3. The van der Waals surface area contributed by atoms with Crippen molar-refractivity contribution in [2.24, 2.45) is 0 Å². The molecule has 0 aliphatic heterocycles. The van der Waals surface area contributed by atoms with E-state index in [1.165, 1.54) is 22.4 Å². The molecule has 0 atom stereocenters. The van der Waals surface area contributed by atoms with Gasteiger partial charge in [0.25, 0.3) is 0 Å². The zero-order valence-electron chi connectivity index (χ0n) is 16.9. The smallest absolute Gasteiger partial charge is 0.191 e. The summed E-state index contributed by atoms with van der Waals surface area (Å²) in [4.78, 5) is 3.41. The summed E-state index contributed by atoms with van der Waals surface area (Å²) in [7, 11) is 1.68. The van der Waals surface area contributed by atoms with Crippen LogP contribution in [-0.4, -0.2) is 26.9 Å². The van der Waals surface area contributed by atoms with Crippen molar-refractivity contribution < 1.29 is 4.74 Å². The van der Waals surface area contributed by atoms with Crippen molar-refractivity contribution in [3.05, 3.63) is 71.3 Å². The topological polar surface area (TPSA) is 55.7 Å². The fourth-order valence-corrected chi connectivity index (χ4v) is 4.17. The van der Waals surface area contributed by atoms with Gasteiger partial charge in [-0.3, -0.25) is 0 Å². The van der Waals surface area contributed by atoms with Gasteiger partial charge >= 0.3 is 0 Å². The summed E-state index contributed by atoms with van der Waals surface area (Å²) in [5.74, 6) is 2.75. The van der Waals surface area contributed by atoms with E-state index in [1.807, 2.05) is 18.2 Å². The zero-order valence-corrected chi connectivity index (χ0v) is 17.7. The molecule has 0 aliphatic carbocycles. The lowest BCUT2D eigenvalue weighted by Gasteiger charge is -2.08. The molecule has 0 bridgehead atoms. The van der Waals surface area contributed by atoms with E-state index in [9.17, 15) is 0 Å². The molecule has 1 aromatic carbocycles. The highest BCUT2D eigenvalue weighted by atomic mass is 32.2. The summed E-state index contributed by atoms with van der Waals surface area (Å²) in [5, 5.41) is 9.89. The van der Waals surface area contributed by atoms with Gasteiger partial charge in [-0.05, 0) is 55.5 Å². The van der Waals surface area contributed by atoms with E-state index >= 15 is 0 Å². The van der Waals surface area contributed by atoms with E-state index in [4.69, 9.17) is 4.74 Å². The Kier molecular flexibility index (Phi) is 6.98. The Balaban J connectivity index is 1.69. The fourth-order valence-electron chi connectivity index (χ4n) is 3.19. The molecule has 3 aromatic rings. The molecule has 0 saturated carbocycles. The van der Waals surface area contributed by atoms with Crippen LogP contribution in [0.5, 0.6) is 5.75 Å². The molecule has 0 spiro atoms. The van der Waals surface area contributed by atoms with Gasteiger partial charge in [-0.15, -0.1) is 16.8 Å². The lowest BCUT2D eigenvalue weighted by atomic mass is 10.1. The van der Waals surface area contributed by atoms with Crippen LogP contribution in [0, 0.1) is 6.92 Å². The second kappa shape index (κ2) is 9.64. The lowest BCUT2D eigenvalue weighted by Crippen LogP contribution is -2.04. The number of thioether (sulfide) groups is 1. The molecule has 0 fully saturated rings. The van der Waals surface area contributed by atoms with E-state index in [1.54, 1.807) is 18.9 Å². The molecule has 1 N–H and O–H groups in total. The highest BCUT2D eigenvalue weighted by Crippen LogP contribution is 2.25. The number of H-pyrrole nitrogens is 1. The number of aromatic amines is 1. The second-order valence-corrected chi connectivity index (χ2v) is 7.64. The number of ether oxygens (including phenoxy) is 1. The Bertz CT molecular complexity index is 911. The third-order valence-electron chi connectivity index (χ3n) is 4.94. The van der Waals surface area contributed by atoms with Crippen LogP contribution in [0.3, 0.4) is 0 Å². The minimum absolute atomic E-state index is 0.792. The maximum absolute atomic E-state index is 5.22. The van der Waals surface area contributed by atoms with Crippen LogP contribution in [0.4, 0.5) is 0 Å². The number of hydrogen-bond acceptors (Lipinski definition) is 4. The van der Waals surface area contributed by atoms with Crippen molar-refractivity contribution in [1.82, 2.24) is 19.7 Å². The van der Waals surface area contributed by atoms with E-state index in [0.29, 0.717) is 0 Å². The van der Waals surface area contributed by atoms with E-state index in [2.05, 4.69) is 58.5 Å². The van der Waals surface area contributed by atoms with Crippen LogP contribution in [0.2, 0.25) is 0 Å². The van der Waals surface area contributed by atoms with Crippen LogP contribution in [0.25, 0.3) is 0 Å². The van der Waals surface area contributed by atoms with Gasteiger partial charge in [0, 0.05) is 30.6 Å². The highest BCUT2D eigenvalue weighted by Gasteiger charge is 2.15. The van der Waals surface area contributed by atoms with Crippen LogP contribution >= 0.6 is 11.8 Å². The summed E-state index contributed by atoms with van der Waals surface area (Å²) in [5.41, 5.74) is 5.13. The van der Waals surface area contributed by atoms with E-state index < -0.39 is 0 Å². The SMILES string of the molecule is C=CCCc1[nH]cc(Cc2nnc(SCc3ccc(OC)cc3)n2CC)c1C. The summed E-state index contributed by atoms with van der Waals surface area (Å²) in [6.45, 7) is 8.99. The Morgan fingerprint density at radius 1 is 1.25 bits per heavy atom. The molecule has 3 rings (SSSR count). The molecule has 2 aromatic heterocycles. The third-order valence-corrected chi connectivity index (χ3v) is 5.98. The molecule has 0 unspecified atom stereocenters. The van der Waals surface area contributed by atoms with Crippen LogP contribution < -0.4 is 4.74 Å². The number of methoxy groups -OCH3 is 1. The maximum atomic E-state index is 5.22. The molecule has 0 saturated heterocycles. The molecular formula is C22H28N4OS. The number of hydrogen-bond donors (Lipinski definition) is 1. The first kappa shape index (κ1) is 20.3. The van der Waals surface area contributed by atoms with Crippen molar-refractivity contribution in [2.45, 2.75) is 50.6 Å². The lowest BCUT2D eigenvalue weighted by molar-refractivity contribution is 0.414. The van der Waals surface area contributed by atoms with Crippen molar-refractivity contribution in [1.29, 1.82) is 0 Å². The van der Waals surface area contributed by atoms with Gasteiger partial charge in [0.2, 0.25) is 0 Å². The van der Waals surface area contributed by atoms with E-state index in [0.717, 1.165) is 48.3 Å². The van der Waals surface area contributed by atoms with Gasteiger partial charge in [0.15, 0.2) is 5.16 Å². The Morgan fingerprint density at radius 2 is 2.04 bits per heavy atom. The summed E-state index contributed by atoms with van der Waals surface area (Å²) >= 11 is 1.72. The summed E-state index contributed by atoms with van der Waals surface area (Å²) in [6.07, 6.45) is 6.84. The second-order valence-electron chi connectivity index (χ2n) is 6.70. The number of allylic oxidation sites excluding steroid dienone is 1.